The zero-order chi connectivity index (χ0) is 7.84. The lowest BCUT2D eigenvalue weighted by Crippen LogP contribution is -1.75. The maximum Gasteiger partial charge on any atom is 0.0661 e. The number of nitrogens with zero attached hydrogens (tertiary/aromatic N) is 1. The molecule has 1 aromatic carbocycles. The van der Waals surface area contributed by atoms with Gasteiger partial charge in [0.05, 0.1) is 11.7 Å². The topological polar surface area (TPSA) is 28.7 Å². The predicted molar refractivity (Wildman–Crippen MR) is 48.5 cm³/mol. The standard InChI is InChI=1S/C8H7BrN2/c1-5-2-3-7-6(8(5)9)4-10-11-7/h2-4H,1H3,(H,10,11). The van der Waals surface area contributed by atoms with Gasteiger partial charge >= 0.3 is 0 Å². The van der Waals surface area contributed by atoms with Crippen LogP contribution in [0.5, 0.6) is 0 Å². The van der Waals surface area contributed by atoms with Crippen LogP contribution in [-0.2, 0) is 0 Å². The summed E-state index contributed by atoms with van der Waals surface area (Å²) in [5.41, 5.74) is 2.31. The summed E-state index contributed by atoms with van der Waals surface area (Å²) in [6.07, 6.45) is 1.83. The Morgan fingerprint density at radius 1 is 1.45 bits per heavy atom. The van der Waals surface area contributed by atoms with Crippen LogP contribution in [0.4, 0.5) is 0 Å². The normalized spacial score (nSPS) is 10.7. The maximum atomic E-state index is 3.95. The van der Waals surface area contributed by atoms with Crippen LogP contribution in [0, 0.1) is 6.92 Å². The Kier molecular flexibility index (Phi) is 1.46. The van der Waals surface area contributed by atoms with E-state index >= 15 is 0 Å². The SMILES string of the molecule is Cc1ccc2[nH]ncc2c1Br. The smallest absolute Gasteiger partial charge is 0.0661 e. The molecule has 0 radical (unpaired) electrons. The third-order valence-electron chi connectivity index (χ3n) is 1.75. The van der Waals surface area contributed by atoms with Crippen molar-refractivity contribution in [3.05, 3.63) is 28.4 Å². The predicted octanol–water partition coefficient (Wildman–Crippen LogP) is 2.63. The van der Waals surface area contributed by atoms with Crippen LogP contribution < -0.4 is 0 Å². The molecule has 0 spiro atoms. The molecule has 0 atom stereocenters. The molecule has 1 aromatic heterocycles. The van der Waals surface area contributed by atoms with Gasteiger partial charge in [-0.25, -0.2) is 0 Å². The Labute approximate surface area is 72.7 Å². The average molecular weight is 211 g/mol. The number of halogens is 1. The number of rotatable bonds is 0. The van der Waals surface area contributed by atoms with Gasteiger partial charge in [-0.15, -0.1) is 0 Å². The molecule has 0 saturated carbocycles. The summed E-state index contributed by atoms with van der Waals surface area (Å²) < 4.78 is 1.13. The molecular weight excluding hydrogens is 204 g/mol. The number of aromatic nitrogens is 2. The van der Waals surface area contributed by atoms with Crippen LogP contribution in [0.25, 0.3) is 10.9 Å². The first-order chi connectivity index (χ1) is 5.29. The highest BCUT2D eigenvalue weighted by molar-refractivity contribution is 9.10. The van der Waals surface area contributed by atoms with Crippen LogP contribution in [-0.4, -0.2) is 10.2 Å². The number of nitrogens with one attached hydrogen (secondary N) is 1. The number of hydrogen-bond donors (Lipinski definition) is 1. The van der Waals surface area contributed by atoms with E-state index in [1.807, 2.05) is 12.3 Å². The number of hydrogen-bond acceptors (Lipinski definition) is 1. The fourth-order valence-electron chi connectivity index (χ4n) is 1.09. The molecule has 2 nitrogen and oxygen atoms in total. The van der Waals surface area contributed by atoms with E-state index in [4.69, 9.17) is 0 Å². The largest absolute Gasteiger partial charge is 0.278 e. The fraction of sp³-hybridized carbons (Fsp3) is 0.125. The molecule has 0 amide bonds. The van der Waals surface area contributed by atoms with E-state index < -0.39 is 0 Å². The molecule has 0 saturated heterocycles. The van der Waals surface area contributed by atoms with Crippen LogP contribution in [0.1, 0.15) is 5.56 Å². The zero-order valence-electron chi connectivity index (χ0n) is 6.06. The molecule has 0 aliphatic heterocycles. The lowest BCUT2D eigenvalue weighted by Gasteiger charge is -1.96. The molecule has 0 aliphatic rings. The number of benzene rings is 1. The van der Waals surface area contributed by atoms with Crippen molar-refractivity contribution in [3.8, 4) is 0 Å². The van der Waals surface area contributed by atoms with Crippen LogP contribution >= 0.6 is 15.9 Å². The minimum atomic E-state index is 1.07. The van der Waals surface area contributed by atoms with Crippen LogP contribution in [0.2, 0.25) is 0 Å². The Bertz CT molecular complexity index is 392. The van der Waals surface area contributed by atoms with E-state index in [0.717, 1.165) is 15.4 Å². The lowest BCUT2D eigenvalue weighted by atomic mass is 10.2. The summed E-state index contributed by atoms with van der Waals surface area (Å²) in [5, 5.41) is 8.00. The third-order valence-corrected chi connectivity index (χ3v) is 2.80. The Morgan fingerprint density at radius 2 is 2.27 bits per heavy atom. The second kappa shape index (κ2) is 2.34. The summed E-state index contributed by atoms with van der Waals surface area (Å²) in [6, 6.07) is 4.09. The van der Waals surface area contributed by atoms with Gasteiger partial charge in [0.2, 0.25) is 0 Å². The van der Waals surface area contributed by atoms with Crippen molar-refractivity contribution in [1.82, 2.24) is 10.2 Å². The molecule has 2 aromatic rings. The Balaban J connectivity index is 2.93. The van der Waals surface area contributed by atoms with Gasteiger partial charge in [0.25, 0.3) is 0 Å². The number of H-pyrrole nitrogens is 1. The minimum Gasteiger partial charge on any atom is -0.278 e. The summed E-state index contributed by atoms with van der Waals surface area (Å²) in [4.78, 5) is 0. The molecule has 11 heavy (non-hydrogen) atoms. The molecule has 0 unspecified atom stereocenters. The molecule has 2 rings (SSSR count). The lowest BCUT2D eigenvalue weighted by molar-refractivity contribution is 1.12. The Hall–Kier alpha value is -0.830. The second-order valence-electron chi connectivity index (χ2n) is 2.53. The molecule has 0 aliphatic carbocycles. The average Bonchev–Trinajstić information content (AvgIpc) is 2.45. The van der Waals surface area contributed by atoms with Crippen molar-refractivity contribution < 1.29 is 0 Å². The quantitative estimate of drug-likeness (QED) is 0.712. The van der Waals surface area contributed by atoms with Gasteiger partial charge in [0.15, 0.2) is 0 Å². The van der Waals surface area contributed by atoms with E-state index in [1.54, 1.807) is 0 Å². The number of aryl methyl sites for hydroxylation is 1. The van der Waals surface area contributed by atoms with Gasteiger partial charge in [0.1, 0.15) is 0 Å². The van der Waals surface area contributed by atoms with Crippen molar-refractivity contribution in [2.45, 2.75) is 6.92 Å². The van der Waals surface area contributed by atoms with E-state index in [0.29, 0.717) is 0 Å². The van der Waals surface area contributed by atoms with Crippen molar-refractivity contribution in [3.63, 3.8) is 0 Å². The van der Waals surface area contributed by atoms with Crippen molar-refractivity contribution in [2.24, 2.45) is 0 Å². The van der Waals surface area contributed by atoms with Crippen molar-refractivity contribution in [1.29, 1.82) is 0 Å². The van der Waals surface area contributed by atoms with Crippen molar-refractivity contribution >= 4 is 26.8 Å². The van der Waals surface area contributed by atoms with E-state index in [9.17, 15) is 0 Å². The van der Waals surface area contributed by atoms with Gasteiger partial charge in [-0.1, -0.05) is 6.07 Å². The highest BCUT2D eigenvalue weighted by atomic mass is 79.9. The van der Waals surface area contributed by atoms with E-state index in [1.165, 1.54) is 5.56 Å². The van der Waals surface area contributed by atoms with E-state index in [2.05, 4.69) is 39.1 Å². The first-order valence-corrected chi connectivity index (χ1v) is 4.16. The number of fused-ring (bicyclic) bond motifs is 1. The summed E-state index contributed by atoms with van der Waals surface area (Å²) >= 11 is 3.50. The molecule has 0 fully saturated rings. The summed E-state index contributed by atoms with van der Waals surface area (Å²) in [6.45, 7) is 2.07. The number of aromatic amines is 1. The van der Waals surface area contributed by atoms with E-state index in [-0.39, 0.29) is 0 Å². The first-order valence-electron chi connectivity index (χ1n) is 3.37. The molecular formula is C8H7BrN2. The third kappa shape index (κ3) is 0.959. The van der Waals surface area contributed by atoms with Gasteiger partial charge in [-0.3, -0.25) is 5.10 Å². The minimum absolute atomic E-state index is 1.07. The van der Waals surface area contributed by atoms with Gasteiger partial charge in [-0.2, -0.15) is 5.10 Å². The highest BCUT2D eigenvalue weighted by Gasteiger charge is 2.01. The molecule has 3 heteroatoms. The summed E-state index contributed by atoms with van der Waals surface area (Å²) in [5.74, 6) is 0. The molecule has 56 valence electrons. The van der Waals surface area contributed by atoms with Gasteiger partial charge in [-0.05, 0) is 34.5 Å². The zero-order valence-corrected chi connectivity index (χ0v) is 7.64. The maximum absolute atomic E-state index is 3.95. The summed E-state index contributed by atoms with van der Waals surface area (Å²) in [7, 11) is 0. The molecule has 1 heterocycles. The van der Waals surface area contributed by atoms with Gasteiger partial charge < -0.3 is 0 Å². The molecule has 0 bridgehead atoms. The van der Waals surface area contributed by atoms with Crippen molar-refractivity contribution in [2.75, 3.05) is 0 Å². The van der Waals surface area contributed by atoms with Crippen LogP contribution in [0.3, 0.4) is 0 Å². The fourth-order valence-corrected chi connectivity index (χ4v) is 1.54. The highest BCUT2D eigenvalue weighted by Crippen LogP contribution is 2.25. The molecule has 1 N–H and O–H groups in total. The monoisotopic (exact) mass is 210 g/mol. The van der Waals surface area contributed by atoms with Gasteiger partial charge in [0, 0.05) is 9.86 Å². The second-order valence-corrected chi connectivity index (χ2v) is 3.32. The first kappa shape index (κ1) is 6.85. The Morgan fingerprint density at radius 3 is 3.09 bits per heavy atom. The van der Waals surface area contributed by atoms with Crippen LogP contribution in [0.15, 0.2) is 22.8 Å².